The molecule has 0 aromatic heterocycles. The molecular weight excluding hydrogens is 310 g/mol. The van der Waals surface area contributed by atoms with E-state index in [0.29, 0.717) is 28.5 Å². The summed E-state index contributed by atoms with van der Waals surface area (Å²) < 4.78 is 5.63. The van der Waals surface area contributed by atoms with Gasteiger partial charge in [0.2, 0.25) is 5.91 Å². The van der Waals surface area contributed by atoms with Gasteiger partial charge in [-0.15, -0.1) is 11.8 Å². The number of nitrogens with one attached hydrogen (secondary N) is 1. The van der Waals surface area contributed by atoms with E-state index in [-0.39, 0.29) is 5.91 Å². The first-order chi connectivity index (χ1) is 11.2. The lowest BCUT2D eigenvalue weighted by Crippen LogP contribution is -2.39. The molecule has 1 aliphatic heterocycles. The van der Waals surface area contributed by atoms with Crippen LogP contribution in [0.25, 0.3) is 0 Å². The molecule has 0 saturated carbocycles. The highest BCUT2D eigenvalue weighted by atomic mass is 32.2. The summed E-state index contributed by atoms with van der Waals surface area (Å²) in [6, 6.07) is 11.5. The van der Waals surface area contributed by atoms with Crippen LogP contribution in [0.15, 0.2) is 34.9 Å². The fourth-order valence-corrected chi connectivity index (χ4v) is 3.38. The van der Waals surface area contributed by atoms with Crippen LogP contribution in [0.3, 0.4) is 0 Å². The van der Waals surface area contributed by atoms with Gasteiger partial charge in [-0.25, -0.2) is 0 Å². The van der Waals surface area contributed by atoms with E-state index in [1.807, 2.05) is 38.1 Å². The summed E-state index contributed by atoms with van der Waals surface area (Å²) >= 11 is 1.39. The van der Waals surface area contributed by atoms with Crippen LogP contribution in [0, 0.1) is 28.6 Å². The number of hydrogen-bond acceptors (Lipinski definition) is 5. The first-order valence-electron chi connectivity index (χ1n) is 7.37. The van der Waals surface area contributed by atoms with Gasteiger partial charge in [-0.1, -0.05) is 25.1 Å². The van der Waals surface area contributed by atoms with Crippen molar-refractivity contribution >= 4 is 17.7 Å². The van der Waals surface area contributed by atoms with Gasteiger partial charge in [-0.2, -0.15) is 10.5 Å². The van der Waals surface area contributed by atoms with Crippen molar-refractivity contribution in [2.24, 2.45) is 5.92 Å². The van der Waals surface area contributed by atoms with Gasteiger partial charge in [0.05, 0.1) is 35.3 Å². The van der Waals surface area contributed by atoms with Gasteiger partial charge in [0.25, 0.3) is 0 Å². The molecule has 23 heavy (non-hydrogen) atoms. The van der Waals surface area contributed by atoms with Crippen LogP contribution in [-0.2, 0) is 4.79 Å². The van der Waals surface area contributed by atoms with Gasteiger partial charge in [0.15, 0.2) is 0 Å². The number of benzene rings is 1. The number of allylic oxidation sites excluding steroid dienone is 1. The molecular formula is C17H17N3O2S. The average Bonchev–Trinajstić information content (AvgIpc) is 2.55. The van der Waals surface area contributed by atoms with E-state index < -0.39 is 11.8 Å². The lowest BCUT2D eigenvalue weighted by atomic mass is 9.79. The Kier molecular flexibility index (Phi) is 5.67. The van der Waals surface area contributed by atoms with Crippen molar-refractivity contribution in [2.45, 2.75) is 19.8 Å². The molecule has 0 bridgehead atoms. The number of carbonyl (C=O) groups is 1. The van der Waals surface area contributed by atoms with Crippen molar-refractivity contribution < 1.29 is 9.53 Å². The zero-order chi connectivity index (χ0) is 16.8. The number of nitriles is 2. The highest BCUT2D eigenvalue weighted by molar-refractivity contribution is 8.03. The minimum Gasteiger partial charge on any atom is -0.494 e. The molecule has 6 heteroatoms. The van der Waals surface area contributed by atoms with E-state index in [0.717, 1.165) is 5.75 Å². The van der Waals surface area contributed by atoms with E-state index in [4.69, 9.17) is 4.74 Å². The predicted molar refractivity (Wildman–Crippen MR) is 88.4 cm³/mol. The Morgan fingerprint density at radius 3 is 2.65 bits per heavy atom. The summed E-state index contributed by atoms with van der Waals surface area (Å²) in [4.78, 5) is 12.3. The van der Waals surface area contributed by atoms with E-state index >= 15 is 0 Å². The molecule has 0 fully saturated rings. The molecule has 0 aliphatic carbocycles. The number of hydrogen-bond donors (Lipinski definition) is 1. The van der Waals surface area contributed by atoms with E-state index in [1.165, 1.54) is 11.8 Å². The number of amides is 1. The van der Waals surface area contributed by atoms with Crippen LogP contribution in [0.2, 0.25) is 0 Å². The Morgan fingerprint density at radius 2 is 2.04 bits per heavy atom. The third-order valence-electron chi connectivity index (χ3n) is 3.51. The molecule has 1 heterocycles. The van der Waals surface area contributed by atoms with Crippen LogP contribution >= 0.6 is 11.8 Å². The summed E-state index contributed by atoms with van der Waals surface area (Å²) in [5.74, 6) is -0.622. The topological polar surface area (TPSA) is 85.9 Å². The number of para-hydroxylation sites is 1. The Labute approximate surface area is 139 Å². The van der Waals surface area contributed by atoms with Gasteiger partial charge >= 0.3 is 0 Å². The standard InChI is InChI=1S/C17H17N3O2S/c1-3-22-14-8-6-5-7-11(14)15-12(9-18)16(21)20-17(23-4-2)13(15)10-19/h5-8,12,15H,3-4H2,1-2H3,(H,20,21)/t12-,15+/m1/s1. The van der Waals surface area contributed by atoms with Gasteiger partial charge < -0.3 is 10.1 Å². The van der Waals surface area contributed by atoms with Gasteiger partial charge in [-0.05, 0) is 18.7 Å². The number of carbonyl (C=O) groups excluding carboxylic acids is 1. The number of rotatable bonds is 5. The minimum absolute atomic E-state index is 0.376. The van der Waals surface area contributed by atoms with Crippen molar-refractivity contribution in [3.63, 3.8) is 0 Å². The molecule has 2 rings (SSSR count). The van der Waals surface area contributed by atoms with E-state index in [9.17, 15) is 15.3 Å². The molecule has 0 spiro atoms. The van der Waals surface area contributed by atoms with Crippen LogP contribution in [0.1, 0.15) is 25.3 Å². The molecule has 1 aliphatic rings. The van der Waals surface area contributed by atoms with Gasteiger partial charge in [0, 0.05) is 5.56 Å². The fourth-order valence-electron chi connectivity index (χ4n) is 2.59. The molecule has 1 amide bonds. The van der Waals surface area contributed by atoms with E-state index in [1.54, 1.807) is 6.07 Å². The summed E-state index contributed by atoms with van der Waals surface area (Å²) in [5, 5.41) is 22.3. The van der Waals surface area contributed by atoms with Gasteiger partial charge in [0.1, 0.15) is 11.7 Å². The quantitative estimate of drug-likeness (QED) is 0.898. The molecule has 0 radical (unpaired) electrons. The van der Waals surface area contributed by atoms with Gasteiger partial charge in [-0.3, -0.25) is 4.79 Å². The molecule has 0 saturated heterocycles. The predicted octanol–water partition coefficient (Wildman–Crippen LogP) is 2.93. The third-order valence-corrected chi connectivity index (χ3v) is 4.41. The van der Waals surface area contributed by atoms with Crippen molar-refractivity contribution in [1.29, 1.82) is 10.5 Å². The molecule has 1 N–H and O–H groups in total. The molecule has 2 atom stereocenters. The molecule has 5 nitrogen and oxygen atoms in total. The smallest absolute Gasteiger partial charge is 0.243 e. The summed E-state index contributed by atoms with van der Waals surface area (Å²) in [7, 11) is 0. The highest BCUT2D eigenvalue weighted by Gasteiger charge is 2.40. The Hall–Kier alpha value is -2.44. The normalized spacial score (nSPS) is 20.4. The summed E-state index contributed by atoms with van der Waals surface area (Å²) in [6.07, 6.45) is 0. The van der Waals surface area contributed by atoms with Crippen LogP contribution in [0.4, 0.5) is 0 Å². The highest BCUT2D eigenvalue weighted by Crippen LogP contribution is 2.42. The number of nitrogens with zero attached hydrogens (tertiary/aromatic N) is 2. The number of thioether (sulfide) groups is 1. The van der Waals surface area contributed by atoms with Crippen LogP contribution < -0.4 is 10.1 Å². The van der Waals surface area contributed by atoms with Crippen molar-refractivity contribution in [2.75, 3.05) is 12.4 Å². The molecule has 118 valence electrons. The van der Waals surface area contributed by atoms with Crippen molar-refractivity contribution in [1.82, 2.24) is 5.32 Å². The van der Waals surface area contributed by atoms with Crippen molar-refractivity contribution in [3.05, 3.63) is 40.4 Å². The second-order valence-electron chi connectivity index (χ2n) is 4.83. The maximum atomic E-state index is 12.3. The summed E-state index contributed by atoms with van der Waals surface area (Å²) in [6.45, 7) is 4.28. The first-order valence-corrected chi connectivity index (χ1v) is 8.35. The maximum absolute atomic E-state index is 12.3. The summed E-state index contributed by atoms with van der Waals surface area (Å²) in [5.41, 5.74) is 1.11. The van der Waals surface area contributed by atoms with Crippen LogP contribution in [-0.4, -0.2) is 18.3 Å². The first kappa shape index (κ1) is 16.9. The average molecular weight is 327 g/mol. The zero-order valence-corrected chi connectivity index (χ0v) is 13.8. The van der Waals surface area contributed by atoms with E-state index in [2.05, 4.69) is 11.4 Å². The molecule has 1 aromatic rings. The van der Waals surface area contributed by atoms with Crippen molar-refractivity contribution in [3.8, 4) is 17.9 Å². The molecule has 0 unspecified atom stereocenters. The maximum Gasteiger partial charge on any atom is 0.243 e. The second kappa shape index (κ2) is 7.71. The lowest BCUT2D eigenvalue weighted by molar-refractivity contribution is -0.123. The third kappa shape index (κ3) is 3.33. The Morgan fingerprint density at radius 1 is 1.30 bits per heavy atom. The second-order valence-corrected chi connectivity index (χ2v) is 6.11. The SMILES string of the molecule is CCOc1ccccc1[C@@H]1C(C#N)=C(SCC)NC(=O)[C@@H]1C#N. The molecule has 1 aromatic carbocycles. The van der Waals surface area contributed by atoms with Crippen LogP contribution in [0.5, 0.6) is 5.75 Å². The number of ether oxygens (including phenoxy) is 1. The fraction of sp³-hybridized carbons (Fsp3) is 0.353. The zero-order valence-electron chi connectivity index (χ0n) is 13.0. The Balaban J connectivity index is 2.63. The largest absolute Gasteiger partial charge is 0.494 e. The lowest BCUT2D eigenvalue weighted by Gasteiger charge is -2.29. The minimum atomic E-state index is -0.951. The monoisotopic (exact) mass is 327 g/mol. The Bertz CT molecular complexity index is 715.